The number of phenols is 1. The molecular weight excluding hydrogens is 436 g/mol. The van der Waals surface area contributed by atoms with Crippen molar-refractivity contribution in [3.63, 3.8) is 0 Å². The van der Waals surface area contributed by atoms with Crippen molar-refractivity contribution in [1.29, 1.82) is 0 Å². The van der Waals surface area contributed by atoms with E-state index in [-0.39, 0.29) is 11.5 Å². The Labute approximate surface area is 148 Å². The van der Waals surface area contributed by atoms with Crippen molar-refractivity contribution in [1.82, 2.24) is 0 Å². The summed E-state index contributed by atoms with van der Waals surface area (Å²) in [5.41, 5.74) is 0. The highest BCUT2D eigenvalue weighted by molar-refractivity contribution is 9.13. The van der Waals surface area contributed by atoms with Gasteiger partial charge in [0.15, 0.2) is 11.5 Å². The summed E-state index contributed by atoms with van der Waals surface area (Å²) in [6.45, 7) is -0.442. The summed E-state index contributed by atoms with van der Waals surface area (Å²) < 4.78 is 12.4. The van der Waals surface area contributed by atoms with E-state index in [4.69, 9.17) is 14.6 Å². The molecule has 6 nitrogen and oxygen atoms in total. The third kappa shape index (κ3) is 3.19. The summed E-state index contributed by atoms with van der Waals surface area (Å²) in [5.74, 6) is -0.00831. The fraction of sp³-hybridized carbons (Fsp3) is 0.333. The van der Waals surface area contributed by atoms with Crippen LogP contribution in [0.25, 0.3) is 10.8 Å². The molecule has 1 aliphatic heterocycles. The van der Waals surface area contributed by atoms with Crippen LogP contribution in [0.15, 0.2) is 33.2 Å². The molecule has 1 heterocycles. The van der Waals surface area contributed by atoms with E-state index >= 15 is 0 Å². The molecule has 2 aromatic rings. The highest BCUT2D eigenvalue weighted by Gasteiger charge is 2.44. The fourth-order valence-electron chi connectivity index (χ4n) is 2.44. The first-order valence-electron chi connectivity index (χ1n) is 6.81. The molecule has 4 atom stereocenters. The van der Waals surface area contributed by atoms with Gasteiger partial charge in [-0.3, -0.25) is 0 Å². The van der Waals surface area contributed by atoms with Gasteiger partial charge >= 0.3 is 0 Å². The summed E-state index contributed by atoms with van der Waals surface area (Å²) in [5, 5.41) is 40.4. The summed E-state index contributed by atoms with van der Waals surface area (Å²) in [6.07, 6.45) is -4.68. The minimum Gasteiger partial charge on any atom is -0.504 e. The summed E-state index contributed by atoms with van der Waals surface area (Å²) in [4.78, 5) is 0. The van der Waals surface area contributed by atoms with Gasteiger partial charge in [0.2, 0.25) is 6.29 Å². The smallest absolute Gasteiger partial charge is 0.229 e. The summed E-state index contributed by atoms with van der Waals surface area (Å²) in [7, 11) is 0. The Hall–Kier alpha value is -0.900. The van der Waals surface area contributed by atoms with E-state index in [1.807, 2.05) is 12.1 Å². The van der Waals surface area contributed by atoms with E-state index in [1.54, 1.807) is 6.07 Å². The Bertz CT molecular complexity index is 737. The van der Waals surface area contributed by atoms with Gasteiger partial charge in [-0.05, 0) is 66.9 Å². The van der Waals surface area contributed by atoms with Crippen LogP contribution in [-0.2, 0) is 4.74 Å². The molecule has 4 unspecified atom stereocenters. The van der Waals surface area contributed by atoms with Crippen LogP contribution < -0.4 is 4.74 Å². The molecule has 4 N–H and O–H groups in total. The third-order valence-electron chi connectivity index (χ3n) is 3.70. The van der Waals surface area contributed by atoms with Crippen molar-refractivity contribution in [2.75, 3.05) is 6.61 Å². The molecule has 0 saturated carbocycles. The van der Waals surface area contributed by atoms with Crippen LogP contribution in [0.1, 0.15) is 0 Å². The van der Waals surface area contributed by atoms with Crippen LogP contribution in [-0.4, -0.2) is 51.6 Å². The molecule has 0 spiro atoms. The molecule has 0 radical (unpaired) electrons. The van der Waals surface area contributed by atoms with E-state index < -0.39 is 31.2 Å². The van der Waals surface area contributed by atoms with Crippen LogP contribution in [0.2, 0.25) is 0 Å². The fourth-order valence-corrected chi connectivity index (χ4v) is 3.17. The molecule has 3 rings (SSSR count). The number of aliphatic hydroxyl groups is 3. The minimum atomic E-state index is -1.32. The van der Waals surface area contributed by atoms with Gasteiger partial charge in [-0.25, -0.2) is 0 Å². The van der Waals surface area contributed by atoms with Crippen molar-refractivity contribution < 1.29 is 29.9 Å². The van der Waals surface area contributed by atoms with Crippen molar-refractivity contribution in [3.8, 4) is 11.5 Å². The number of hydrogen-bond donors (Lipinski definition) is 4. The Morgan fingerprint density at radius 3 is 2.17 bits per heavy atom. The molecule has 1 saturated heterocycles. The Balaban J connectivity index is 1.91. The Morgan fingerprint density at radius 1 is 1.00 bits per heavy atom. The number of rotatable bonds is 3. The van der Waals surface area contributed by atoms with Gasteiger partial charge in [-0.2, -0.15) is 0 Å². The van der Waals surface area contributed by atoms with Crippen molar-refractivity contribution in [2.24, 2.45) is 0 Å². The topological polar surface area (TPSA) is 99.4 Å². The number of fused-ring (bicyclic) bond motifs is 1. The maximum atomic E-state index is 10.1. The number of aliphatic hydroxyl groups excluding tert-OH is 3. The minimum absolute atomic E-state index is 0.113. The van der Waals surface area contributed by atoms with Gasteiger partial charge < -0.3 is 29.9 Å². The molecule has 2 aromatic carbocycles. The lowest BCUT2D eigenvalue weighted by atomic mass is 10.1. The number of benzene rings is 2. The standard InChI is InChI=1S/C15H14Br2O6/c16-8-1-6-3-10(19)11(4-7(6)2-9(8)17)22-15-14(21)13(20)12(5-18)23-15/h1-4,12-15,18-21H,5H2. The predicted octanol–water partition coefficient (Wildman–Crippen LogP) is 1.89. The molecule has 0 bridgehead atoms. The molecule has 0 amide bonds. The SMILES string of the molecule is OCC1OC(Oc2cc3cc(Br)c(Br)cc3cc2O)C(O)C1O. The molecule has 124 valence electrons. The largest absolute Gasteiger partial charge is 0.504 e. The molecule has 23 heavy (non-hydrogen) atoms. The monoisotopic (exact) mass is 448 g/mol. The first kappa shape index (κ1) is 16.9. The maximum Gasteiger partial charge on any atom is 0.229 e. The first-order chi connectivity index (χ1) is 10.9. The zero-order chi connectivity index (χ0) is 16.7. The summed E-state index contributed by atoms with van der Waals surface area (Å²) in [6, 6.07) is 6.83. The zero-order valence-corrected chi connectivity index (χ0v) is 14.9. The van der Waals surface area contributed by atoms with Gasteiger partial charge in [-0.1, -0.05) is 0 Å². The number of ether oxygens (including phenoxy) is 2. The molecule has 0 aromatic heterocycles. The van der Waals surface area contributed by atoms with Crippen LogP contribution >= 0.6 is 31.9 Å². The van der Waals surface area contributed by atoms with Crippen LogP contribution in [0.4, 0.5) is 0 Å². The molecular formula is C15H14Br2O6. The van der Waals surface area contributed by atoms with Gasteiger partial charge in [0.25, 0.3) is 0 Å². The average Bonchev–Trinajstić information content (AvgIpc) is 2.78. The van der Waals surface area contributed by atoms with Crippen molar-refractivity contribution >= 4 is 42.6 Å². The molecule has 1 aliphatic rings. The van der Waals surface area contributed by atoms with Crippen LogP contribution in [0, 0.1) is 0 Å². The second kappa shape index (κ2) is 6.54. The molecule has 1 fully saturated rings. The lowest BCUT2D eigenvalue weighted by Crippen LogP contribution is -2.35. The van der Waals surface area contributed by atoms with E-state index in [9.17, 15) is 15.3 Å². The van der Waals surface area contributed by atoms with Crippen molar-refractivity contribution in [3.05, 3.63) is 33.2 Å². The number of aromatic hydroxyl groups is 1. The van der Waals surface area contributed by atoms with E-state index in [0.29, 0.717) is 0 Å². The highest BCUT2D eigenvalue weighted by atomic mass is 79.9. The Kier molecular flexibility index (Phi) is 4.82. The second-order valence-corrected chi connectivity index (χ2v) is 6.97. The van der Waals surface area contributed by atoms with Crippen LogP contribution in [0.3, 0.4) is 0 Å². The number of hydrogen-bond acceptors (Lipinski definition) is 6. The van der Waals surface area contributed by atoms with Gasteiger partial charge in [0.05, 0.1) is 6.61 Å². The van der Waals surface area contributed by atoms with E-state index in [2.05, 4.69) is 31.9 Å². The maximum absolute atomic E-state index is 10.1. The third-order valence-corrected chi connectivity index (χ3v) is 5.54. The lowest BCUT2D eigenvalue weighted by molar-refractivity contribution is -0.117. The highest BCUT2D eigenvalue weighted by Crippen LogP contribution is 2.37. The lowest BCUT2D eigenvalue weighted by Gasteiger charge is -2.18. The van der Waals surface area contributed by atoms with E-state index in [1.165, 1.54) is 6.07 Å². The van der Waals surface area contributed by atoms with E-state index in [0.717, 1.165) is 19.7 Å². The number of phenolic OH excluding ortho intramolecular Hbond substituents is 1. The van der Waals surface area contributed by atoms with Crippen molar-refractivity contribution in [2.45, 2.75) is 24.6 Å². The van der Waals surface area contributed by atoms with Gasteiger partial charge in [0, 0.05) is 8.95 Å². The molecule has 0 aliphatic carbocycles. The predicted molar refractivity (Wildman–Crippen MR) is 89.4 cm³/mol. The Morgan fingerprint density at radius 2 is 1.61 bits per heavy atom. The number of halogens is 2. The van der Waals surface area contributed by atoms with Crippen LogP contribution in [0.5, 0.6) is 11.5 Å². The summed E-state index contributed by atoms with van der Waals surface area (Å²) >= 11 is 6.80. The van der Waals surface area contributed by atoms with Gasteiger partial charge in [-0.15, -0.1) is 0 Å². The second-order valence-electron chi connectivity index (χ2n) is 5.26. The van der Waals surface area contributed by atoms with Gasteiger partial charge in [0.1, 0.15) is 18.3 Å². The first-order valence-corrected chi connectivity index (χ1v) is 8.40. The average molecular weight is 450 g/mol. The quantitative estimate of drug-likeness (QED) is 0.571. The zero-order valence-electron chi connectivity index (χ0n) is 11.7. The normalized spacial score (nSPS) is 27.5. The molecule has 8 heteroatoms.